The van der Waals surface area contributed by atoms with E-state index >= 15 is 0 Å². The van der Waals surface area contributed by atoms with Crippen molar-refractivity contribution in [3.63, 3.8) is 0 Å². The molecule has 1 fully saturated rings. The molecule has 0 spiro atoms. The zero-order valence-electron chi connectivity index (χ0n) is 9.28. The molecule has 88 valence electrons. The van der Waals surface area contributed by atoms with Gasteiger partial charge in [-0.05, 0) is 31.0 Å². The molecule has 2 rings (SSSR count). The average Bonchev–Trinajstić information content (AvgIpc) is 2.29. The van der Waals surface area contributed by atoms with E-state index in [4.69, 9.17) is 15.2 Å². The van der Waals surface area contributed by atoms with Crippen LogP contribution in [0.4, 0.5) is 0 Å². The van der Waals surface area contributed by atoms with Crippen molar-refractivity contribution in [1.29, 1.82) is 0 Å². The van der Waals surface area contributed by atoms with Crippen molar-refractivity contribution in [2.45, 2.75) is 25.0 Å². The van der Waals surface area contributed by atoms with E-state index in [1.165, 1.54) is 0 Å². The molecule has 1 aliphatic heterocycles. The average molecular weight is 286 g/mol. The van der Waals surface area contributed by atoms with Gasteiger partial charge in [0, 0.05) is 22.7 Å². The normalized spacial score (nSPS) is 25.4. The molecule has 0 aromatic heterocycles. The van der Waals surface area contributed by atoms with Crippen LogP contribution < -0.4 is 10.5 Å². The van der Waals surface area contributed by atoms with Crippen LogP contribution in [0.5, 0.6) is 5.75 Å². The van der Waals surface area contributed by atoms with Crippen LogP contribution in [0, 0.1) is 0 Å². The second-order valence-electron chi connectivity index (χ2n) is 3.98. The smallest absolute Gasteiger partial charge is 0.124 e. The SMILES string of the molecule is COc1ccc(Br)cc1C1OCCCC1N. The molecule has 2 unspecified atom stereocenters. The zero-order chi connectivity index (χ0) is 11.5. The van der Waals surface area contributed by atoms with Crippen molar-refractivity contribution in [3.8, 4) is 5.75 Å². The van der Waals surface area contributed by atoms with E-state index in [0.29, 0.717) is 0 Å². The van der Waals surface area contributed by atoms with Gasteiger partial charge in [-0.25, -0.2) is 0 Å². The van der Waals surface area contributed by atoms with Gasteiger partial charge < -0.3 is 15.2 Å². The lowest BCUT2D eigenvalue weighted by Crippen LogP contribution is -2.34. The fraction of sp³-hybridized carbons (Fsp3) is 0.500. The maximum absolute atomic E-state index is 6.09. The van der Waals surface area contributed by atoms with Crippen molar-refractivity contribution in [2.24, 2.45) is 5.73 Å². The fourth-order valence-electron chi connectivity index (χ4n) is 2.05. The number of methoxy groups -OCH3 is 1. The zero-order valence-corrected chi connectivity index (χ0v) is 10.9. The molecule has 2 atom stereocenters. The molecule has 16 heavy (non-hydrogen) atoms. The van der Waals surface area contributed by atoms with Crippen molar-refractivity contribution in [1.82, 2.24) is 0 Å². The Morgan fingerprint density at radius 2 is 2.31 bits per heavy atom. The molecule has 1 aromatic rings. The van der Waals surface area contributed by atoms with E-state index in [9.17, 15) is 0 Å². The van der Waals surface area contributed by atoms with Gasteiger partial charge in [-0.1, -0.05) is 15.9 Å². The summed E-state index contributed by atoms with van der Waals surface area (Å²) in [6.45, 7) is 0.772. The van der Waals surface area contributed by atoms with Gasteiger partial charge in [0.2, 0.25) is 0 Å². The van der Waals surface area contributed by atoms with Gasteiger partial charge >= 0.3 is 0 Å². The molecule has 1 saturated heterocycles. The highest BCUT2D eigenvalue weighted by atomic mass is 79.9. The molecule has 4 heteroatoms. The first-order chi connectivity index (χ1) is 7.72. The first-order valence-corrected chi connectivity index (χ1v) is 6.22. The van der Waals surface area contributed by atoms with Gasteiger partial charge in [0.25, 0.3) is 0 Å². The number of rotatable bonds is 2. The molecule has 0 radical (unpaired) electrons. The molecular weight excluding hydrogens is 270 g/mol. The highest BCUT2D eigenvalue weighted by Gasteiger charge is 2.26. The molecule has 0 bridgehead atoms. The number of nitrogens with two attached hydrogens (primary N) is 1. The number of hydrogen-bond acceptors (Lipinski definition) is 3. The van der Waals surface area contributed by atoms with Crippen LogP contribution in [0.25, 0.3) is 0 Å². The van der Waals surface area contributed by atoms with E-state index < -0.39 is 0 Å². The lowest BCUT2D eigenvalue weighted by molar-refractivity contribution is -0.00116. The van der Waals surface area contributed by atoms with Gasteiger partial charge in [0.15, 0.2) is 0 Å². The molecular formula is C12H16BrNO2. The first-order valence-electron chi connectivity index (χ1n) is 5.43. The molecule has 1 aromatic carbocycles. The van der Waals surface area contributed by atoms with Gasteiger partial charge in [-0.15, -0.1) is 0 Å². The van der Waals surface area contributed by atoms with E-state index in [-0.39, 0.29) is 12.1 Å². The summed E-state index contributed by atoms with van der Waals surface area (Å²) >= 11 is 3.46. The maximum atomic E-state index is 6.09. The number of hydrogen-bond donors (Lipinski definition) is 1. The third-order valence-corrected chi connectivity index (χ3v) is 3.36. The van der Waals surface area contributed by atoms with E-state index in [1.54, 1.807) is 7.11 Å². The van der Waals surface area contributed by atoms with Crippen LogP contribution in [0.15, 0.2) is 22.7 Å². The lowest BCUT2D eigenvalue weighted by atomic mass is 9.96. The fourth-order valence-corrected chi connectivity index (χ4v) is 2.43. The van der Waals surface area contributed by atoms with Crippen LogP contribution >= 0.6 is 15.9 Å². The summed E-state index contributed by atoms with van der Waals surface area (Å²) in [7, 11) is 1.67. The van der Waals surface area contributed by atoms with Gasteiger partial charge in [-0.2, -0.15) is 0 Å². The van der Waals surface area contributed by atoms with Crippen molar-refractivity contribution >= 4 is 15.9 Å². The Morgan fingerprint density at radius 1 is 1.50 bits per heavy atom. The van der Waals surface area contributed by atoms with Crippen molar-refractivity contribution < 1.29 is 9.47 Å². The van der Waals surface area contributed by atoms with Gasteiger partial charge in [-0.3, -0.25) is 0 Å². The largest absolute Gasteiger partial charge is 0.496 e. The predicted molar refractivity (Wildman–Crippen MR) is 66.6 cm³/mol. The highest BCUT2D eigenvalue weighted by Crippen LogP contribution is 2.35. The van der Waals surface area contributed by atoms with E-state index in [1.807, 2.05) is 18.2 Å². The maximum Gasteiger partial charge on any atom is 0.124 e. The summed E-state index contributed by atoms with van der Waals surface area (Å²) in [5.74, 6) is 0.838. The minimum absolute atomic E-state index is 0.0527. The minimum Gasteiger partial charge on any atom is -0.496 e. The minimum atomic E-state index is -0.0544. The Balaban J connectivity index is 2.33. The van der Waals surface area contributed by atoms with E-state index in [0.717, 1.165) is 35.2 Å². The first kappa shape index (κ1) is 11.9. The highest BCUT2D eigenvalue weighted by molar-refractivity contribution is 9.10. The van der Waals surface area contributed by atoms with Crippen LogP contribution in [-0.4, -0.2) is 19.8 Å². The number of ether oxygens (including phenoxy) is 2. The second-order valence-corrected chi connectivity index (χ2v) is 4.90. The molecule has 3 nitrogen and oxygen atoms in total. The van der Waals surface area contributed by atoms with Crippen LogP contribution in [-0.2, 0) is 4.74 Å². The topological polar surface area (TPSA) is 44.5 Å². The Hall–Kier alpha value is -0.580. The summed E-state index contributed by atoms with van der Waals surface area (Å²) in [4.78, 5) is 0. The monoisotopic (exact) mass is 285 g/mol. The van der Waals surface area contributed by atoms with E-state index in [2.05, 4.69) is 15.9 Å². The quantitative estimate of drug-likeness (QED) is 0.909. The van der Waals surface area contributed by atoms with Gasteiger partial charge in [0.05, 0.1) is 7.11 Å². The Labute approximate surface area is 104 Å². The second kappa shape index (κ2) is 5.17. The van der Waals surface area contributed by atoms with Gasteiger partial charge in [0.1, 0.15) is 11.9 Å². The molecule has 0 aliphatic carbocycles. The summed E-state index contributed by atoms with van der Waals surface area (Å²) in [6.07, 6.45) is 1.98. The third-order valence-electron chi connectivity index (χ3n) is 2.87. The Bertz CT molecular complexity index is 370. The summed E-state index contributed by atoms with van der Waals surface area (Å²) in [5, 5.41) is 0. The standard InChI is InChI=1S/C12H16BrNO2/c1-15-11-5-4-8(13)7-9(11)12-10(14)3-2-6-16-12/h4-5,7,10,12H,2-3,6,14H2,1H3. The Morgan fingerprint density at radius 3 is 3.00 bits per heavy atom. The Kier molecular flexibility index (Phi) is 3.84. The lowest BCUT2D eigenvalue weighted by Gasteiger charge is -2.30. The number of halogens is 1. The summed E-state index contributed by atoms with van der Waals surface area (Å²) in [5.41, 5.74) is 7.12. The van der Waals surface area contributed by atoms with Crippen molar-refractivity contribution in [2.75, 3.05) is 13.7 Å². The molecule has 1 heterocycles. The number of benzene rings is 1. The summed E-state index contributed by atoms with van der Waals surface area (Å²) in [6, 6.07) is 5.96. The van der Waals surface area contributed by atoms with Crippen LogP contribution in [0.3, 0.4) is 0 Å². The predicted octanol–water partition coefficient (Wildman–Crippen LogP) is 2.64. The van der Waals surface area contributed by atoms with Crippen LogP contribution in [0.1, 0.15) is 24.5 Å². The van der Waals surface area contributed by atoms with Crippen LogP contribution in [0.2, 0.25) is 0 Å². The molecule has 0 saturated carbocycles. The summed E-state index contributed by atoms with van der Waals surface area (Å²) < 4.78 is 12.1. The molecule has 0 amide bonds. The van der Waals surface area contributed by atoms with Crippen molar-refractivity contribution in [3.05, 3.63) is 28.2 Å². The molecule has 1 aliphatic rings. The molecule has 2 N–H and O–H groups in total. The third kappa shape index (κ3) is 2.39.